The molecule has 0 unspecified atom stereocenters. The van der Waals surface area contributed by atoms with Crippen LogP contribution in [-0.2, 0) is 23.9 Å². The quantitative estimate of drug-likeness (QED) is 0.520. The minimum absolute atomic E-state index is 0.0932. The Balaban J connectivity index is 2.12. The molecule has 0 saturated heterocycles. The van der Waals surface area contributed by atoms with Crippen LogP contribution >= 0.6 is 0 Å². The van der Waals surface area contributed by atoms with Crippen LogP contribution in [0.3, 0.4) is 0 Å². The van der Waals surface area contributed by atoms with Crippen LogP contribution in [0.15, 0.2) is 24.3 Å². The molecule has 0 saturated carbocycles. The van der Waals surface area contributed by atoms with Crippen LogP contribution in [0.25, 0.3) is 0 Å². The fourth-order valence-electron chi connectivity index (χ4n) is 2.76. The molecule has 0 bridgehead atoms. The first-order chi connectivity index (χ1) is 14.7. The van der Waals surface area contributed by atoms with Crippen molar-refractivity contribution in [3.63, 3.8) is 0 Å². The molecule has 0 aliphatic carbocycles. The van der Waals surface area contributed by atoms with Crippen molar-refractivity contribution in [3.05, 3.63) is 35.4 Å². The van der Waals surface area contributed by atoms with Crippen LogP contribution in [0.4, 0.5) is 4.79 Å². The molecule has 10 nitrogen and oxygen atoms in total. The molecule has 32 heavy (non-hydrogen) atoms. The highest BCUT2D eigenvalue weighted by Crippen LogP contribution is 2.23. The molecule has 1 aliphatic heterocycles. The fraction of sp³-hybridized carbons (Fsp3) is 0.500. The predicted octanol–water partition coefficient (Wildman–Crippen LogP) is 2.76. The zero-order valence-electron chi connectivity index (χ0n) is 19.0. The number of imide groups is 1. The van der Waals surface area contributed by atoms with E-state index in [1.165, 1.54) is 12.1 Å². The van der Waals surface area contributed by atoms with Gasteiger partial charge in [0.1, 0.15) is 17.2 Å². The number of ether oxygens (including phenoxy) is 2. The third-order valence-corrected chi connectivity index (χ3v) is 3.97. The van der Waals surface area contributed by atoms with Crippen molar-refractivity contribution in [1.82, 2.24) is 10.4 Å². The summed E-state index contributed by atoms with van der Waals surface area (Å²) in [5.74, 6) is -3.31. The molecule has 3 amide bonds. The number of esters is 1. The minimum atomic E-state index is -1.37. The molecule has 0 fully saturated rings. The van der Waals surface area contributed by atoms with E-state index in [1.54, 1.807) is 53.7 Å². The van der Waals surface area contributed by atoms with Gasteiger partial charge in [0, 0.05) is 6.42 Å². The van der Waals surface area contributed by atoms with E-state index in [1.807, 2.05) is 0 Å². The van der Waals surface area contributed by atoms with Gasteiger partial charge < -0.3 is 19.6 Å². The van der Waals surface area contributed by atoms with Crippen molar-refractivity contribution in [2.24, 2.45) is 0 Å². The molecular formula is C22H28N2O8. The van der Waals surface area contributed by atoms with E-state index >= 15 is 0 Å². The van der Waals surface area contributed by atoms with Gasteiger partial charge in [-0.1, -0.05) is 17.2 Å². The molecule has 1 heterocycles. The van der Waals surface area contributed by atoms with Gasteiger partial charge in [-0.2, -0.15) is 0 Å². The van der Waals surface area contributed by atoms with E-state index in [-0.39, 0.29) is 24.0 Å². The number of fused-ring (bicyclic) bond motifs is 1. The molecule has 0 spiro atoms. The molecule has 174 valence electrons. The van der Waals surface area contributed by atoms with Crippen LogP contribution in [0.2, 0.25) is 0 Å². The SMILES string of the molecule is CC(C)(C)OC(=O)CC[C@H](NC(=O)OC(C)(C)C)C(=O)ON1C(=O)c2ccccc2C1=O. The number of rotatable bonds is 6. The Bertz CT molecular complexity index is 892. The Labute approximate surface area is 186 Å². The summed E-state index contributed by atoms with van der Waals surface area (Å²) in [5.41, 5.74) is -1.38. The summed E-state index contributed by atoms with van der Waals surface area (Å²) in [5, 5.41) is 2.66. The van der Waals surface area contributed by atoms with E-state index in [9.17, 15) is 24.0 Å². The van der Waals surface area contributed by atoms with Gasteiger partial charge in [-0.3, -0.25) is 14.4 Å². The topological polar surface area (TPSA) is 128 Å². The van der Waals surface area contributed by atoms with E-state index < -0.39 is 47.1 Å². The molecule has 2 rings (SSSR count). The number of carbonyl (C=O) groups excluding carboxylic acids is 5. The molecule has 1 N–H and O–H groups in total. The summed E-state index contributed by atoms with van der Waals surface area (Å²) in [7, 11) is 0. The molecule has 0 radical (unpaired) electrons. The van der Waals surface area contributed by atoms with Gasteiger partial charge in [-0.25, -0.2) is 9.59 Å². The average molecular weight is 448 g/mol. The Morgan fingerprint density at radius 1 is 0.906 bits per heavy atom. The van der Waals surface area contributed by atoms with Crippen molar-refractivity contribution >= 4 is 29.8 Å². The lowest BCUT2D eigenvalue weighted by atomic mass is 10.1. The van der Waals surface area contributed by atoms with Crippen molar-refractivity contribution in [1.29, 1.82) is 0 Å². The lowest BCUT2D eigenvalue weighted by Crippen LogP contribution is -2.47. The first-order valence-electron chi connectivity index (χ1n) is 10.1. The highest BCUT2D eigenvalue weighted by atomic mass is 16.7. The van der Waals surface area contributed by atoms with Gasteiger partial charge in [0.25, 0.3) is 11.8 Å². The Kier molecular flexibility index (Phi) is 7.27. The first-order valence-corrected chi connectivity index (χ1v) is 10.1. The van der Waals surface area contributed by atoms with Gasteiger partial charge in [0.2, 0.25) is 0 Å². The van der Waals surface area contributed by atoms with Crippen molar-refractivity contribution in [2.75, 3.05) is 0 Å². The number of nitrogens with one attached hydrogen (secondary N) is 1. The highest BCUT2D eigenvalue weighted by molar-refractivity contribution is 6.20. The third-order valence-electron chi connectivity index (χ3n) is 3.97. The van der Waals surface area contributed by atoms with Crippen molar-refractivity contribution < 1.29 is 38.3 Å². The second-order valence-corrected chi connectivity index (χ2v) is 9.18. The molecule has 10 heteroatoms. The molecule has 1 aromatic rings. The normalized spacial score (nSPS) is 14.5. The number of carbonyl (C=O) groups is 5. The number of alkyl carbamates (subject to hydrolysis) is 1. The van der Waals surface area contributed by atoms with Crippen LogP contribution in [0.1, 0.15) is 75.1 Å². The number of nitrogens with zero attached hydrogens (tertiary/aromatic N) is 1. The third kappa shape index (κ3) is 6.79. The summed E-state index contributed by atoms with van der Waals surface area (Å²) in [6.07, 6.45) is -1.35. The van der Waals surface area contributed by atoms with Crippen molar-refractivity contribution in [3.8, 4) is 0 Å². The van der Waals surface area contributed by atoms with Crippen molar-refractivity contribution in [2.45, 2.75) is 71.6 Å². The van der Waals surface area contributed by atoms with Crippen LogP contribution in [0.5, 0.6) is 0 Å². The van der Waals surface area contributed by atoms with Crippen LogP contribution < -0.4 is 5.32 Å². The number of hydrogen-bond donors (Lipinski definition) is 1. The van der Waals surface area contributed by atoms with Gasteiger partial charge in [-0.05, 0) is 60.1 Å². The lowest BCUT2D eigenvalue weighted by Gasteiger charge is -2.24. The fourth-order valence-corrected chi connectivity index (χ4v) is 2.76. The number of amides is 3. The largest absolute Gasteiger partial charge is 0.460 e. The summed E-state index contributed by atoms with van der Waals surface area (Å²) in [6.45, 7) is 9.99. The van der Waals surface area contributed by atoms with E-state index in [4.69, 9.17) is 14.3 Å². The average Bonchev–Trinajstić information content (AvgIpc) is 2.87. The lowest BCUT2D eigenvalue weighted by molar-refractivity contribution is -0.171. The van der Waals surface area contributed by atoms with Gasteiger partial charge >= 0.3 is 18.0 Å². The smallest absolute Gasteiger partial charge is 0.408 e. The molecule has 1 aromatic carbocycles. The molecule has 1 aliphatic rings. The summed E-state index contributed by atoms with van der Waals surface area (Å²) in [6, 6.07) is 4.64. The van der Waals surface area contributed by atoms with E-state index in [2.05, 4.69) is 5.32 Å². The van der Waals surface area contributed by atoms with Crippen LogP contribution in [-0.4, -0.2) is 52.2 Å². The van der Waals surface area contributed by atoms with E-state index in [0.717, 1.165) is 0 Å². The monoisotopic (exact) mass is 448 g/mol. The Hall–Kier alpha value is -3.43. The zero-order chi connectivity index (χ0) is 24.3. The van der Waals surface area contributed by atoms with E-state index in [0.29, 0.717) is 5.06 Å². The maximum Gasteiger partial charge on any atom is 0.408 e. The second kappa shape index (κ2) is 9.37. The number of hydrogen-bond acceptors (Lipinski definition) is 8. The maximum absolute atomic E-state index is 12.7. The predicted molar refractivity (Wildman–Crippen MR) is 111 cm³/mol. The molecular weight excluding hydrogens is 420 g/mol. The Morgan fingerprint density at radius 3 is 1.88 bits per heavy atom. The van der Waals surface area contributed by atoms with Gasteiger partial charge in [0.05, 0.1) is 11.1 Å². The maximum atomic E-state index is 12.7. The second-order valence-electron chi connectivity index (χ2n) is 9.18. The summed E-state index contributed by atoms with van der Waals surface area (Å²) >= 11 is 0. The minimum Gasteiger partial charge on any atom is -0.460 e. The van der Waals surface area contributed by atoms with Gasteiger partial charge in [0.15, 0.2) is 0 Å². The highest BCUT2D eigenvalue weighted by Gasteiger charge is 2.40. The molecule has 1 atom stereocenters. The van der Waals surface area contributed by atoms with Crippen LogP contribution in [0, 0.1) is 0 Å². The zero-order valence-corrected chi connectivity index (χ0v) is 19.0. The first kappa shape index (κ1) is 24.8. The standard InChI is InChI=1S/C22H28N2O8/c1-21(2,3)30-16(25)12-11-15(23-20(29)31-22(4,5)6)19(28)32-24-17(26)13-9-7-8-10-14(13)18(24)27/h7-10,15H,11-12H2,1-6H3,(H,23,29)/t15-/m0/s1. The summed E-state index contributed by atoms with van der Waals surface area (Å²) in [4.78, 5) is 66.9. The molecule has 0 aromatic heterocycles. The number of hydroxylamine groups is 2. The number of benzene rings is 1. The Morgan fingerprint density at radius 2 is 1.41 bits per heavy atom. The van der Waals surface area contributed by atoms with Gasteiger partial charge in [-0.15, -0.1) is 0 Å². The summed E-state index contributed by atoms with van der Waals surface area (Å²) < 4.78 is 10.4.